The molecular formula is C26H25Cl2NO3S. The molecule has 3 rings (SSSR count). The molecule has 0 bridgehead atoms. The fraction of sp³-hybridized carbons (Fsp3) is 0.192. The van der Waals surface area contributed by atoms with Crippen LogP contribution in [0.3, 0.4) is 0 Å². The first-order valence-corrected chi connectivity index (χ1v) is 12.8. The Labute approximate surface area is 205 Å². The van der Waals surface area contributed by atoms with Crippen LogP contribution < -0.4 is 4.31 Å². The summed E-state index contributed by atoms with van der Waals surface area (Å²) in [5.41, 5.74) is 2.83. The van der Waals surface area contributed by atoms with E-state index in [-0.39, 0.29) is 10.6 Å². The lowest BCUT2D eigenvalue weighted by atomic mass is 10.1. The zero-order chi connectivity index (χ0) is 24.0. The van der Waals surface area contributed by atoms with E-state index in [9.17, 15) is 13.2 Å². The molecule has 4 nitrogen and oxygen atoms in total. The molecule has 3 aromatic rings. The summed E-state index contributed by atoms with van der Waals surface area (Å²) < 4.78 is 27.8. The number of aryl methyl sites for hydroxylation is 2. The summed E-state index contributed by atoms with van der Waals surface area (Å²) in [5.74, 6) is -0.706. The van der Waals surface area contributed by atoms with Gasteiger partial charge in [0, 0.05) is 16.1 Å². The number of unbranched alkanes of at least 4 members (excludes halogenated alkanes) is 1. The third-order valence-corrected chi connectivity index (χ3v) is 7.42. The van der Waals surface area contributed by atoms with E-state index in [1.165, 1.54) is 24.3 Å². The first-order valence-electron chi connectivity index (χ1n) is 10.6. The van der Waals surface area contributed by atoms with E-state index in [4.69, 9.17) is 23.2 Å². The van der Waals surface area contributed by atoms with Crippen LogP contribution in [0.4, 0.5) is 5.69 Å². The number of carbonyl (C=O) groups is 1. The molecule has 0 aliphatic heterocycles. The number of nitrogens with zero attached hydrogens (tertiary/aromatic N) is 1. The first-order chi connectivity index (χ1) is 15.7. The van der Waals surface area contributed by atoms with Gasteiger partial charge in [0.15, 0.2) is 0 Å². The molecule has 0 fully saturated rings. The Morgan fingerprint density at radius 3 is 2.24 bits per heavy atom. The molecule has 0 atom stereocenters. The van der Waals surface area contributed by atoms with Crippen LogP contribution in [-0.4, -0.2) is 14.3 Å². The second-order valence-electron chi connectivity index (χ2n) is 7.69. The summed E-state index contributed by atoms with van der Waals surface area (Å²) in [6, 6.07) is 18.3. The molecule has 0 aliphatic carbocycles. The largest absolute Gasteiger partial charge is 0.271 e. The number of sulfonamides is 1. The van der Waals surface area contributed by atoms with Gasteiger partial charge in [0.05, 0.1) is 10.6 Å². The second kappa shape index (κ2) is 11.0. The van der Waals surface area contributed by atoms with E-state index in [1.54, 1.807) is 42.5 Å². The summed E-state index contributed by atoms with van der Waals surface area (Å²) in [4.78, 5) is 13.3. The minimum Gasteiger partial charge on any atom is -0.268 e. The maximum atomic E-state index is 13.5. The van der Waals surface area contributed by atoms with Crippen molar-refractivity contribution < 1.29 is 13.2 Å². The van der Waals surface area contributed by atoms with Gasteiger partial charge in [-0.2, -0.15) is 4.31 Å². The molecule has 0 radical (unpaired) electrons. The Kier molecular flexibility index (Phi) is 8.35. The van der Waals surface area contributed by atoms with Gasteiger partial charge in [0.2, 0.25) is 0 Å². The van der Waals surface area contributed by atoms with Crippen molar-refractivity contribution in [2.75, 3.05) is 4.31 Å². The molecule has 0 heterocycles. The highest BCUT2D eigenvalue weighted by molar-refractivity contribution is 7.93. The van der Waals surface area contributed by atoms with Gasteiger partial charge in [-0.05, 0) is 73.4 Å². The summed E-state index contributed by atoms with van der Waals surface area (Å²) in [6.07, 6.45) is 5.67. The van der Waals surface area contributed by atoms with Crippen molar-refractivity contribution in [2.45, 2.75) is 38.0 Å². The smallest absolute Gasteiger partial charge is 0.268 e. The number of rotatable bonds is 8. The van der Waals surface area contributed by atoms with Crippen LogP contribution in [0.1, 0.15) is 36.5 Å². The SMILES string of the molecule is CCCCc1ccc(N(C(=O)/C=C/c2ccc(Cl)cc2Cl)S(=O)(=O)c2ccc(C)cc2)cc1. The topological polar surface area (TPSA) is 54.5 Å². The van der Waals surface area contributed by atoms with Crippen molar-refractivity contribution in [1.82, 2.24) is 0 Å². The van der Waals surface area contributed by atoms with Crippen molar-refractivity contribution in [2.24, 2.45) is 0 Å². The van der Waals surface area contributed by atoms with Crippen LogP contribution in [-0.2, 0) is 21.2 Å². The van der Waals surface area contributed by atoms with E-state index in [1.807, 2.05) is 19.1 Å². The Hall–Kier alpha value is -2.60. The van der Waals surface area contributed by atoms with Gasteiger partial charge in [0.1, 0.15) is 0 Å². The molecule has 33 heavy (non-hydrogen) atoms. The molecular weight excluding hydrogens is 477 g/mol. The maximum absolute atomic E-state index is 13.5. The maximum Gasteiger partial charge on any atom is 0.271 e. The second-order valence-corrected chi connectivity index (χ2v) is 10.3. The summed E-state index contributed by atoms with van der Waals surface area (Å²) in [5, 5.41) is 0.829. The monoisotopic (exact) mass is 501 g/mol. The van der Waals surface area contributed by atoms with E-state index < -0.39 is 15.9 Å². The van der Waals surface area contributed by atoms with Crippen molar-refractivity contribution in [3.63, 3.8) is 0 Å². The van der Waals surface area contributed by atoms with Crippen molar-refractivity contribution in [3.05, 3.63) is 99.5 Å². The van der Waals surface area contributed by atoms with Gasteiger partial charge in [-0.1, -0.05) is 72.4 Å². The highest BCUT2D eigenvalue weighted by atomic mass is 35.5. The number of halogens is 2. The standard InChI is InChI=1S/C26H25Cl2NO3S/c1-3-4-5-20-8-13-23(14-9-20)29(33(31,32)24-15-6-19(2)7-16-24)26(30)17-11-21-10-12-22(27)18-25(21)28/h6-18H,3-5H2,1-2H3/b17-11+. The summed E-state index contributed by atoms with van der Waals surface area (Å²) in [6.45, 7) is 3.98. The molecule has 0 spiro atoms. The predicted octanol–water partition coefficient (Wildman–Crippen LogP) is 7.08. The van der Waals surface area contributed by atoms with E-state index in [2.05, 4.69) is 6.92 Å². The Morgan fingerprint density at radius 1 is 0.970 bits per heavy atom. The van der Waals surface area contributed by atoms with Gasteiger partial charge in [-0.15, -0.1) is 0 Å². The molecule has 1 amide bonds. The van der Waals surface area contributed by atoms with Gasteiger partial charge in [-0.25, -0.2) is 8.42 Å². The zero-order valence-corrected chi connectivity index (χ0v) is 20.8. The molecule has 0 aromatic heterocycles. The lowest BCUT2D eigenvalue weighted by Crippen LogP contribution is -2.35. The molecule has 3 aromatic carbocycles. The number of hydrogen-bond donors (Lipinski definition) is 0. The average Bonchev–Trinajstić information content (AvgIpc) is 2.78. The quantitative estimate of drug-likeness (QED) is 0.309. The van der Waals surface area contributed by atoms with Crippen molar-refractivity contribution in [3.8, 4) is 0 Å². The third-order valence-electron chi connectivity index (χ3n) is 5.12. The van der Waals surface area contributed by atoms with Crippen LogP contribution in [0.15, 0.2) is 77.7 Å². The van der Waals surface area contributed by atoms with Crippen LogP contribution in [0.5, 0.6) is 0 Å². The molecule has 172 valence electrons. The normalized spacial score (nSPS) is 11.6. The fourth-order valence-electron chi connectivity index (χ4n) is 3.24. The minimum atomic E-state index is -4.14. The first kappa shape index (κ1) is 25.0. The predicted molar refractivity (Wildman–Crippen MR) is 136 cm³/mol. The van der Waals surface area contributed by atoms with Gasteiger partial charge in [0.25, 0.3) is 15.9 Å². The van der Waals surface area contributed by atoms with E-state index >= 15 is 0 Å². The average molecular weight is 502 g/mol. The number of carbonyl (C=O) groups excluding carboxylic acids is 1. The fourth-order valence-corrected chi connectivity index (χ4v) is 5.10. The van der Waals surface area contributed by atoms with E-state index in [0.717, 1.165) is 34.7 Å². The van der Waals surface area contributed by atoms with Crippen molar-refractivity contribution >= 4 is 50.9 Å². The number of amides is 1. The number of benzene rings is 3. The Morgan fingerprint density at radius 2 is 1.64 bits per heavy atom. The van der Waals surface area contributed by atoms with Crippen LogP contribution in [0.25, 0.3) is 6.08 Å². The Bertz CT molecular complexity index is 1250. The van der Waals surface area contributed by atoms with Crippen molar-refractivity contribution in [1.29, 1.82) is 0 Å². The molecule has 0 saturated heterocycles. The minimum absolute atomic E-state index is 0.0365. The van der Waals surface area contributed by atoms with Crippen LogP contribution in [0, 0.1) is 6.92 Å². The zero-order valence-electron chi connectivity index (χ0n) is 18.5. The lowest BCUT2D eigenvalue weighted by Gasteiger charge is -2.22. The molecule has 0 aliphatic rings. The van der Waals surface area contributed by atoms with Crippen LogP contribution in [0.2, 0.25) is 10.0 Å². The van der Waals surface area contributed by atoms with Crippen LogP contribution >= 0.6 is 23.2 Å². The molecule has 0 N–H and O–H groups in total. The summed E-state index contributed by atoms with van der Waals surface area (Å²) >= 11 is 12.1. The van der Waals surface area contributed by atoms with Gasteiger partial charge >= 0.3 is 0 Å². The van der Waals surface area contributed by atoms with Gasteiger partial charge < -0.3 is 0 Å². The highest BCUT2D eigenvalue weighted by Crippen LogP contribution is 2.27. The number of hydrogen-bond acceptors (Lipinski definition) is 3. The molecule has 0 saturated carbocycles. The van der Waals surface area contributed by atoms with E-state index in [0.29, 0.717) is 15.6 Å². The lowest BCUT2D eigenvalue weighted by molar-refractivity contribution is -0.113. The highest BCUT2D eigenvalue weighted by Gasteiger charge is 2.29. The third kappa shape index (κ3) is 6.26. The van der Waals surface area contributed by atoms with Gasteiger partial charge in [-0.3, -0.25) is 4.79 Å². The molecule has 7 heteroatoms. The Balaban J connectivity index is 2.01. The number of anilines is 1. The molecule has 0 unspecified atom stereocenters. The summed E-state index contributed by atoms with van der Waals surface area (Å²) in [7, 11) is -4.14.